The monoisotopic (exact) mass is 619 g/mol. The zero-order valence-corrected chi connectivity index (χ0v) is 25.6. The molecule has 0 aliphatic heterocycles. The number of nitrogens with two attached hydrogens (primary N) is 1. The Balaban J connectivity index is 1.63. The van der Waals surface area contributed by atoms with Crippen molar-refractivity contribution in [3.63, 3.8) is 0 Å². The zero-order valence-electron chi connectivity index (χ0n) is 25.6. The van der Waals surface area contributed by atoms with Gasteiger partial charge in [0.1, 0.15) is 19.0 Å². The number of ether oxygens (including phenoxy) is 12. The van der Waals surface area contributed by atoms with Crippen LogP contribution in [0.5, 0.6) is 5.75 Å². The Kier molecular flexibility index (Phi) is 29.8. The maximum Gasteiger partial charge on any atom is 0.142 e. The highest BCUT2D eigenvalue weighted by Crippen LogP contribution is 2.19. The molecular formula is C30H53NO12. The molecule has 0 amide bonds. The number of para-hydroxylation sites is 2. The second-order valence-electron chi connectivity index (χ2n) is 8.55. The summed E-state index contributed by atoms with van der Waals surface area (Å²) in [7, 11) is 0. The highest BCUT2D eigenvalue weighted by atomic mass is 16.6. The van der Waals surface area contributed by atoms with Crippen molar-refractivity contribution in [2.45, 2.75) is 0 Å². The lowest BCUT2D eigenvalue weighted by atomic mass is 10.3. The van der Waals surface area contributed by atoms with Crippen LogP contribution in [-0.4, -0.2) is 145 Å². The van der Waals surface area contributed by atoms with Crippen LogP contribution in [0.3, 0.4) is 0 Å². The highest BCUT2D eigenvalue weighted by molar-refractivity contribution is 5.51. The van der Waals surface area contributed by atoms with Gasteiger partial charge in [0.05, 0.1) is 144 Å². The largest absolute Gasteiger partial charge is 0.499 e. The Morgan fingerprint density at radius 1 is 0.419 bits per heavy atom. The van der Waals surface area contributed by atoms with Crippen molar-refractivity contribution in [1.29, 1.82) is 0 Å². The molecule has 0 radical (unpaired) electrons. The first-order valence-electron chi connectivity index (χ1n) is 14.8. The molecule has 13 nitrogen and oxygen atoms in total. The van der Waals surface area contributed by atoms with E-state index in [1.165, 1.54) is 6.26 Å². The molecule has 2 N–H and O–H groups in total. The average molecular weight is 620 g/mol. The van der Waals surface area contributed by atoms with Crippen LogP contribution in [-0.2, 0) is 52.1 Å². The van der Waals surface area contributed by atoms with Crippen molar-refractivity contribution in [1.82, 2.24) is 0 Å². The Morgan fingerprint density at radius 3 is 1.00 bits per heavy atom. The highest BCUT2D eigenvalue weighted by Gasteiger charge is 1.99. The molecule has 0 atom stereocenters. The minimum absolute atomic E-state index is 0.438. The topological polar surface area (TPSA) is 137 Å². The van der Waals surface area contributed by atoms with Crippen molar-refractivity contribution in [2.75, 3.05) is 151 Å². The number of hydrogen-bond acceptors (Lipinski definition) is 13. The van der Waals surface area contributed by atoms with E-state index < -0.39 is 0 Å². The first kappa shape index (κ1) is 39.0. The van der Waals surface area contributed by atoms with Gasteiger partial charge in [-0.05, 0) is 12.1 Å². The molecule has 1 aromatic carbocycles. The standard InChI is InChI=1S/C30H53NO12/c1-2-32-7-8-33-9-10-34-11-12-35-13-14-36-15-16-37-17-18-38-19-20-39-21-22-40-23-24-41-25-26-42-27-28-43-30-6-4-3-5-29(30)31/h2-6H,1,7-28,31H2. The van der Waals surface area contributed by atoms with Gasteiger partial charge in [0, 0.05) is 0 Å². The normalized spacial score (nSPS) is 11.2. The molecule has 1 rings (SSSR count). The van der Waals surface area contributed by atoms with E-state index >= 15 is 0 Å². The minimum Gasteiger partial charge on any atom is -0.499 e. The van der Waals surface area contributed by atoms with Crippen molar-refractivity contribution in [3.8, 4) is 5.75 Å². The predicted molar refractivity (Wildman–Crippen MR) is 161 cm³/mol. The SMILES string of the molecule is C=COCCOCCOCCOCCOCCOCCOCCOCCOCCOCCOCCOc1ccccc1N. The van der Waals surface area contributed by atoms with Gasteiger partial charge in [-0.2, -0.15) is 0 Å². The maximum absolute atomic E-state index is 5.81. The molecular weight excluding hydrogens is 566 g/mol. The van der Waals surface area contributed by atoms with E-state index in [1.54, 1.807) is 6.07 Å². The van der Waals surface area contributed by atoms with Gasteiger partial charge in [-0.3, -0.25) is 0 Å². The van der Waals surface area contributed by atoms with E-state index in [9.17, 15) is 0 Å². The molecule has 0 heterocycles. The Bertz CT molecular complexity index is 715. The summed E-state index contributed by atoms with van der Waals surface area (Å²) in [5, 5.41) is 0. The number of benzene rings is 1. The molecule has 0 fully saturated rings. The fraction of sp³-hybridized carbons (Fsp3) is 0.733. The summed E-state index contributed by atoms with van der Waals surface area (Å²) >= 11 is 0. The first-order chi connectivity index (χ1) is 21.3. The summed E-state index contributed by atoms with van der Waals surface area (Å²) in [5.74, 6) is 0.668. The van der Waals surface area contributed by atoms with Gasteiger partial charge in [0.2, 0.25) is 0 Å². The van der Waals surface area contributed by atoms with E-state index in [0.29, 0.717) is 157 Å². The van der Waals surface area contributed by atoms with Gasteiger partial charge >= 0.3 is 0 Å². The van der Waals surface area contributed by atoms with E-state index in [4.69, 9.17) is 62.6 Å². The second kappa shape index (κ2) is 32.9. The molecule has 13 heteroatoms. The molecule has 0 aromatic heterocycles. The molecule has 0 aliphatic carbocycles. The van der Waals surface area contributed by atoms with Crippen LogP contribution < -0.4 is 10.5 Å². The summed E-state index contributed by atoms with van der Waals surface area (Å²) in [6.45, 7) is 14.6. The van der Waals surface area contributed by atoms with Gasteiger partial charge in [-0.25, -0.2) is 0 Å². The third kappa shape index (κ3) is 28.5. The molecule has 0 aliphatic rings. The minimum atomic E-state index is 0.438. The number of hydrogen-bond donors (Lipinski definition) is 1. The molecule has 0 saturated heterocycles. The van der Waals surface area contributed by atoms with Gasteiger partial charge in [-0.1, -0.05) is 18.7 Å². The summed E-state index contributed by atoms with van der Waals surface area (Å²) in [5.41, 5.74) is 6.43. The second-order valence-corrected chi connectivity index (χ2v) is 8.55. The molecule has 250 valence electrons. The van der Waals surface area contributed by atoms with E-state index in [1.807, 2.05) is 18.2 Å². The summed E-state index contributed by atoms with van der Waals surface area (Å²) in [4.78, 5) is 0. The quantitative estimate of drug-likeness (QED) is 0.0674. The van der Waals surface area contributed by atoms with E-state index in [2.05, 4.69) is 6.58 Å². The number of rotatable bonds is 35. The van der Waals surface area contributed by atoms with Crippen LogP contribution in [0.1, 0.15) is 0 Å². The molecule has 1 aromatic rings. The summed E-state index contributed by atoms with van der Waals surface area (Å²) < 4.78 is 64.9. The van der Waals surface area contributed by atoms with Crippen molar-refractivity contribution in [2.24, 2.45) is 0 Å². The van der Waals surface area contributed by atoms with Crippen LogP contribution in [0, 0.1) is 0 Å². The van der Waals surface area contributed by atoms with Gasteiger partial charge in [-0.15, -0.1) is 0 Å². The molecule has 0 unspecified atom stereocenters. The lowest BCUT2D eigenvalue weighted by Gasteiger charge is -2.09. The number of nitrogen functional groups attached to an aromatic ring is 1. The van der Waals surface area contributed by atoms with Gasteiger partial charge in [0.15, 0.2) is 0 Å². The maximum atomic E-state index is 5.81. The Hall–Kier alpha value is -2.04. The van der Waals surface area contributed by atoms with Crippen LogP contribution in [0.2, 0.25) is 0 Å². The fourth-order valence-electron chi connectivity index (χ4n) is 3.09. The van der Waals surface area contributed by atoms with Crippen LogP contribution in [0.15, 0.2) is 37.1 Å². The third-order valence-electron chi connectivity index (χ3n) is 5.22. The zero-order chi connectivity index (χ0) is 30.7. The van der Waals surface area contributed by atoms with Crippen molar-refractivity contribution >= 4 is 5.69 Å². The molecule has 0 saturated carbocycles. The van der Waals surface area contributed by atoms with Crippen LogP contribution >= 0.6 is 0 Å². The fourth-order valence-corrected chi connectivity index (χ4v) is 3.09. The summed E-state index contributed by atoms with van der Waals surface area (Å²) in [6, 6.07) is 7.38. The van der Waals surface area contributed by atoms with Gasteiger partial charge < -0.3 is 62.6 Å². The van der Waals surface area contributed by atoms with Crippen LogP contribution in [0.4, 0.5) is 5.69 Å². The van der Waals surface area contributed by atoms with E-state index in [-0.39, 0.29) is 0 Å². The van der Waals surface area contributed by atoms with E-state index in [0.717, 1.165) is 0 Å². The van der Waals surface area contributed by atoms with Crippen LogP contribution in [0.25, 0.3) is 0 Å². The number of anilines is 1. The van der Waals surface area contributed by atoms with Crippen molar-refractivity contribution < 1.29 is 56.8 Å². The van der Waals surface area contributed by atoms with Crippen molar-refractivity contribution in [3.05, 3.63) is 37.1 Å². The summed E-state index contributed by atoms with van der Waals surface area (Å²) in [6.07, 6.45) is 1.39. The van der Waals surface area contributed by atoms with Gasteiger partial charge in [0.25, 0.3) is 0 Å². The molecule has 43 heavy (non-hydrogen) atoms. The average Bonchev–Trinajstić information content (AvgIpc) is 3.02. The molecule has 0 bridgehead atoms. The lowest BCUT2D eigenvalue weighted by molar-refractivity contribution is -0.0271. The predicted octanol–water partition coefficient (Wildman–Crippen LogP) is 1.97. The third-order valence-corrected chi connectivity index (χ3v) is 5.22. The first-order valence-corrected chi connectivity index (χ1v) is 14.8. The molecule has 0 spiro atoms. The Labute approximate surface area is 256 Å². The lowest BCUT2D eigenvalue weighted by Crippen LogP contribution is -2.15. The smallest absolute Gasteiger partial charge is 0.142 e. The Morgan fingerprint density at radius 2 is 0.698 bits per heavy atom.